The Bertz CT molecular complexity index is 766. The van der Waals surface area contributed by atoms with E-state index in [4.69, 9.17) is 0 Å². The van der Waals surface area contributed by atoms with Crippen molar-refractivity contribution in [3.05, 3.63) is 68.4 Å². The van der Waals surface area contributed by atoms with Crippen molar-refractivity contribution in [3.8, 4) is 0 Å². The van der Waals surface area contributed by atoms with E-state index in [0.29, 0.717) is 18.7 Å². The van der Waals surface area contributed by atoms with Crippen molar-refractivity contribution in [1.82, 2.24) is 9.80 Å². The zero-order valence-electron chi connectivity index (χ0n) is 13.7. The molecule has 3 rings (SSSR count). The van der Waals surface area contributed by atoms with E-state index in [-0.39, 0.29) is 11.6 Å². The molecule has 2 aromatic rings. The first-order valence-electron chi connectivity index (χ1n) is 8.07. The fourth-order valence-electron chi connectivity index (χ4n) is 2.83. The number of hydrogen-bond donors (Lipinski definition) is 0. The number of nitrogens with zero attached hydrogens (tertiary/aromatic N) is 3. The number of thiophene rings is 1. The van der Waals surface area contributed by atoms with E-state index in [9.17, 15) is 14.9 Å². The average Bonchev–Trinajstić information content (AvgIpc) is 3.13. The van der Waals surface area contributed by atoms with Crippen LogP contribution in [0.5, 0.6) is 0 Å². The minimum atomic E-state index is -0.437. The van der Waals surface area contributed by atoms with Crippen LogP contribution in [0, 0.1) is 10.1 Å². The van der Waals surface area contributed by atoms with Gasteiger partial charge >= 0.3 is 0 Å². The number of nitro groups is 1. The van der Waals surface area contributed by atoms with Gasteiger partial charge in [-0.3, -0.25) is 19.8 Å². The largest absolute Gasteiger partial charge is 0.337 e. The van der Waals surface area contributed by atoms with Gasteiger partial charge in [0.25, 0.3) is 5.69 Å². The van der Waals surface area contributed by atoms with Crippen molar-refractivity contribution >= 4 is 29.0 Å². The summed E-state index contributed by atoms with van der Waals surface area (Å²) in [6, 6.07) is 8.54. The van der Waals surface area contributed by atoms with Gasteiger partial charge in [0.15, 0.2) is 0 Å². The van der Waals surface area contributed by atoms with Crippen molar-refractivity contribution in [1.29, 1.82) is 0 Å². The van der Waals surface area contributed by atoms with Gasteiger partial charge in [-0.25, -0.2) is 0 Å². The number of rotatable bonds is 5. The average molecular weight is 357 g/mol. The molecule has 0 saturated carbocycles. The fraction of sp³-hybridized carbons (Fsp3) is 0.278. The fourth-order valence-corrected chi connectivity index (χ4v) is 3.49. The molecule has 0 atom stereocenters. The van der Waals surface area contributed by atoms with Gasteiger partial charge in [-0.05, 0) is 34.5 Å². The molecule has 0 radical (unpaired) electrons. The van der Waals surface area contributed by atoms with Gasteiger partial charge in [0.2, 0.25) is 5.91 Å². The van der Waals surface area contributed by atoms with E-state index in [0.717, 1.165) is 19.6 Å². The summed E-state index contributed by atoms with van der Waals surface area (Å²) in [5, 5.41) is 15.2. The predicted octanol–water partition coefficient (Wildman–Crippen LogP) is 3.01. The summed E-state index contributed by atoms with van der Waals surface area (Å²) in [7, 11) is 0. The molecule has 6 nitrogen and oxygen atoms in total. The minimum absolute atomic E-state index is 0.00660. The first kappa shape index (κ1) is 17.3. The summed E-state index contributed by atoms with van der Waals surface area (Å²) < 4.78 is 0. The second kappa shape index (κ2) is 8.04. The number of nitro benzene ring substituents is 1. The molecule has 1 amide bonds. The van der Waals surface area contributed by atoms with Crippen molar-refractivity contribution in [2.75, 3.05) is 26.2 Å². The molecule has 0 aliphatic carbocycles. The molecule has 7 heteroatoms. The van der Waals surface area contributed by atoms with Crippen molar-refractivity contribution in [3.63, 3.8) is 0 Å². The molecule has 1 aromatic carbocycles. The molecule has 0 N–H and O–H groups in total. The molecular formula is C18H19N3O3S. The van der Waals surface area contributed by atoms with Crippen LogP contribution in [0.1, 0.15) is 11.1 Å². The first-order valence-corrected chi connectivity index (χ1v) is 9.01. The molecule has 25 heavy (non-hydrogen) atoms. The minimum Gasteiger partial charge on any atom is -0.337 e. The third kappa shape index (κ3) is 4.52. The van der Waals surface area contributed by atoms with E-state index in [1.54, 1.807) is 34.4 Å². The molecule has 0 spiro atoms. The summed E-state index contributed by atoms with van der Waals surface area (Å²) in [6.45, 7) is 3.92. The molecular weight excluding hydrogens is 338 g/mol. The van der Waals surface area contributed by atoms with Crippen LogP contribution in [0.2, 0.25) is 0 Å². The second-order valence-corrected chi connectivity index (χ2v) is 6.66. The quantitative estimate of drug-likeness (QED) is 0.469. The lowest BCUT2D eigenvalue weighted by Crippen LogP contribution is -2.47. The highest BCUT2D eigenvalue weighted by atomic mass is 32.1. The van der Waals surface area contributed by atoms with E-state index < -0.39 is 4.92 Å². The molecule has 1 aliphatic rings. The maximum Gasteiger partial charge on any atom is 0.276 e. The van der Waals surface area contributed by atoms with Crippen molar-refractivity contribution in [2.45, 2.75) is 6.54 Å². The second-order valence-electron chi connectivity index (χ2n) is 5.88. The number of carbonyl (C=O) groups is 1. The van der Waals surface area contributed by atoms with Crippen LogP contribution in [0.3, 0.4) is 0 Å². The number of amides is 1. The lowest BCUT2D eigenvalue weighted by atomic mass is 10.1. The van der Waals surface area contributed by atoms with Gasteiger partial charge in [-0.15, -0.1) is 0 Å². The predicted molar refractivity (Wildman–Crippen MR) is 98.3 cm³/mol. The van der Waals surface area contributed by atoms with E-state index in [1.807, 2.05) is 0 Å². The van der Waals surface area contributed by atoms with E-state index >= 15 is 0 Å². The summed E-state index contributed by atoms with van der Waals surface area (Å²) in [5.41, 5.74) is 1.75. The molecule has 2 heterocycles. The topological polar surface area (TPSA) is 66.7 Å². The third-order valence-corrected chi connectivity index (χ3v) is 4.94. The molecule has 130 valence electrons. The van der Waals surface area contributed by atoms with Crippen LogP contribution in [0.15, 0.2) is 47.2 Å². The number of hydrogen-bond acceptors (Lipinski definition) is 5. The molecule has 1 aromatic heterocycles. The molecule has 1 fully saturated rings. The van der Waals surface area contributed by atoms with Gasteiger partial charge in [-0.1, -0.05) is 12.1 Å². The number of benzene rings is 1. The summed E-state index contributed by atoms with van der Waals surface area (Å²) in [6.07, 6.45) is 2.95. The lowest BCUT2D eigenvalue weighted by Gasteiger charge is -2.34. The Morgan fingerprint density at radius 1 is 1.20 bits per heavy atom. The Morgan fingerprint density at radius 3 is 2.64 bits per heavy atom. The van der Waals surface area contributed by atoms with Crippen molar-refractivity contribution < 1.29 is 9.72 Å². The first-order chi connectivity index (χ1) is 12.1. The van der Waals surface area contributed by atoms with Crippen LogP contribution in [-0.2, 0) is 11.3 Å². The smallest absolute Gasteiger partial charge is 0.276 e. The Kier molecular flexibility index (Phi) is 5.57. The van der Waals surface area contributed by atoms with Crippen molar-refractivity contribution in [2.24, 2.45) is 0 Å². The zero-order chi connectivity index (χ0) is 17.6. The van der Waals surface area contributed by atoms with Gasteiger partial charge in [0.1, 0.15) is 0 Å². The maximum atomic E-state index is 12.3. The lowest BCUT2D eigenvalue weighted by molar-refractivity contribution is -0.385. The summed E-state index contributed by atoms with van der Waals surface area (Å²) in [5.74, 6) is -0.103. The SMILES string of the molecule is O=C(/C=C/c1ccccc1[N+](=O)[O-])N1CCN(Cc2ccsc2)CC1. The maximum absolute atomic E-state index is 12.3. The molecule has 1 aliphatic heterocycles. The zero-order valence-corrected chi connectivity index (χ0v) is 14.5. The number of para-hydroxylation sites is 1. The van der Waals surface area contributed by atoms with E-state index in [2.05, 4.69) is 21.7 Å². The Hall–Kier alpha value is -2.51. The van der Waals surface area contributed by atoms with Gasteiger partial charge in [0.05, 0.1) is 10.5 Å². The molecule has 0 unspecified atom stereocenters. The van der Waals surface area contributed by atoms with Crippen LogP contribution < -0.4 is 0 Å². The van der Waals surface area contributed by atoms with Crippen LogP contribution >= 0.6 is 11.3 Å². The number of piperazine rings is 1. The van der Waals surface area contributed by atoms with Crippen LogP contribution in [-0.4, -0.2) is 46.8 Å². The Labute approximate surface area is 150 Å². The van der Waals surface area contributed by atoms with Crippen LogP contribution in [0.25, 0.3) is 6.08 Å². The number of carbonyl (C=O) groups excluding carboxylic acids is 1. The van der Waals surface area contributed by atoms with Gasteiger partial charge in [0, 0.05) is 44.9 Å². The normalized spacial score (nSPS) is 15.6. The molecule has 0 bridgehead atoms. The van der Waals surface area contributed by atoms with Crippen LogP contribution in [0.4, 0.5) is 5.69 Å². The highest BCUT2D eigenvalue weighted by molar-refractivity contribution is 7.07. The Balaban J connectivity index is 1.55. The summed E-state index contributed by atoms with van der Waals surface area (Å²) in [4.78, 5) is 27.0. The highest BCUT2D eigenvalue weighted by Gasteiger charge is 2.20. The third-order valence-electron chi connectivity index (χ3n) is 4.21. The summed E-state index contributed by atoms with van der Waals surface area (Å²) >= 11 is 1.69. The standard InChI is InChI=1S/C18H19N3O3S/c22-18(6-5-16-3-1-2-4-17(16)21(23)24)20-10-8-19(9-11-20)13-15-7-12-25-14-15/h1-7,12,14H,8-11,13H2/b6-5+. The molecule has 1 saturated heterocycles. The van der Waals surface area contributed by atoms with Gasteiger partial charge < -0.3 is 4.90 Å². The Morgan fingerprint density at radius 2 is 1.96 bits per heavy atom. The van der Waals surface area contributed by atoms with Gasteiger partial charge in [-0.2, -0.15) is 11.3 Å². The highest BCUT2D eigenvalue weighted by Crippen LogP contribution is 2.19. The van der Waals surface area contributed by atoms with E-state index in [1.165, 1.54) is 23.8 Å². The monoisotopic (exact) mass is 357 g/mol.